The normalized spacial score (nSPS) is 12.8. The van der Waals surface area contributed by atoms with Gasteiger partial charge in [0.05, 0.1) is 16.4 Å². The van der Waals surface area contributed by atoms with Gasteiger partial charge in [-0.2, -0.15) is 0 Å². The first-order chi connectivity index (χ1) is 9.97. The molecular weight excluding hydrogens is 348 g/mol. The van der Waals surface area contributed by atoms with Crippen LogP contribution in [-0.4, -0.2) is 9.55 Å². The molecule has 3 aromatic rings. The van der Waals surface area contributed by atoms with Crippen LogP contribution >= 0.6 is 27.5 Å². The molecular formula is C17H16BrClN2. The van der Waals surface area contributed by atoms with Crippen LogP contribution in [0, 0.1) is 13.8 Å². The summed E-state index contributed by atoms with van der Waals surface area (Å²) < 4.78 is 3.18. The molecule has 0 aliphatic carbocycles. The molecule has 0 fully saturated rings. The molecule has 1 atom stereocenters. The Balaban J connectivity index is 2.35. The summed E-state index contributed by atoms with van der Waals surface area (Å²) in [7, 11) is 0. The van der Waals surface area contributed by atoms with Gasteiger partial charge in [-0.15, -0.1) is 11.6 Å². The van der Waals surface area contributed by atoms with E-state index in [-0.39, 0.29) is 5.38 Å². The number of rotatable bonds is 2. The van der Waals surface area contributed by atoms with Crippen molar-refractivity contribution in [3.8, 4) is 5.69 Å². The quantitative estimate of drug-likeness (QED) is 0.534. The standard InChI is InChI=1S/C17H16BrClN2/c1-10-4-6-14(8-11(10)2)21-16-9-13(18)5-7-15(16)20-17(21)12(3)19/h4-9,12H,1-3H3. The van der Waals surface area contributed by atoms with Gasteiger partial charge in [-0.1, -0.05) is 22.0 Å². The van der Waals surface area contributed by atoms with E-state index in [1.807, 2.05) is 19.1 Å². The maximum Gasteiger partial charge on any atom is 0.132 e. The Morgan fingerprint density at radius 2 is 1.86 bits per heavy atom. The molecule has 1 unspecified atom stereocenters. The number of fused-ring (bicyclic) bond motifs is 1. The van der Waals surface area contributed by atoms with Gasteiger partial charge >= 0.3 is 0 Å². The first-order valence-corrected chi connectivity index (χ1v) is 8.10. The van der Waals surface area contributed by atoms with Crippen molar-refractivity contribution in [1.29, 1.82) is 0 Å². The van der Waals surface area contributed by atoms with E-state index in [0.29, 0.717) is 0 Å². The summed E-state index contributed by atoms with van der Waals surface area (Å²) in [5, 5.41) is -0.155. The Hall–Kier alpha value is -1.32. The minimum atomic E-state index is -0.155. The molecule has 1 heterocycles. The Kier molecular flexibility index (Phi) is 3.80. The average molecular weight is 364 g/mol. The molecule has 0 aliphatic heterocycles. The Labute approximate surface area is 137 Å². The van der Waals surface area contributed by atoms with Crippen LogP contribution < -0.4 is 0 Å². The van der Waals surface area contributed by atoms with Crippen LogP contribution in [0.4, 0.5) is 0 Å². The van der Waals surface area contributed by atoms with Crippen molar-refractivity contribution in [1.82, 2.24) is 9.55 Å². The Bertz CT molecular complexity index is 821. The molecule has 0 saturated carbocycles. The van der Waals surface area contributed by atoms with Crippen LogP contribution in [0.5, 0.6) is 0 Å². The van der Waals surface area contributed by atoms with Gasteiger partial charge in [0.15, 0.2) is 0 Å². The molecule has 0 radical (unpaired) electrons. The lowest BCUT2D eigenvalue weighted by atomic mass is 10.1. The van der Waals surface area contributed by atoms with Crippen molar-refractivity contribution in [3.05, 3.63) is 57.8 Å². The highest BCUT2D eigenvalue weighted by Crippen LogP contribution is 2.30. The zero-order valence-corrected chi connectivity index (χ0v) is 14.5. The predicted octanol–water partition coefficient (Wildman–Crippen LogP) is 5.70. The van der Waals surface area contributed by atoms with E-state index in [4.69, 9.17) is 16.6 Å². The Morgan fingerprint density at radius 3 is 2.52 bits per heavy atom. The fourth-order valence-corrected chi connectivity index (χ4v) is 2.97. The van der Waals surface area contributed by atoms with E-state index in [2.05, 4.69) is 58.6 Å². The van der Waals surface area contributed by atoms with Gasteiger partial charge in [-0.3, -0.25) is 4.57 Å². The monoisotopic (exact) mass is 362 g/mol. The van der Waals surface area contributed by atoms with Gasteiger partial charge < -0.3 is 0 Å². The lowest BCUT2D eigenvalue weighted by Crippen LogP contribution is -2.02. The second-order valence-electron chi connectivity index (χ2n) is 5.32. The number of aromatic nitrogens is 2. The number of imidazole rings is 1. The molecule has 0 saturated heterocycles. The number of alkyl halides is 1. The summed E-state index contributed by atoms with van der Waals surface area (Å²) in [6.45, 7) is 6.19. The molecule has 4 heteroatoms. The number of hydrogen-bond acceptors (Lipinski definition) is 1. The summed E-state index contributed by atoms with van der Waals surface area (Å²) >= 11 is 9.88. The maximum atomic E-state index is 6.35. The van der Waals surface area contributed by atoms with Gasteiger partial charge in [0, 0.05) is 10.2 Å². The lowest BCUT2D eigenvalue weighted by molar-refractivity contribution is 0.881. The van der Waals surface area contributed by atoms with Crippen LogP contribution in [0.15, 0.2) is 40.9 Å². The summed E-state index contributed by atoms with van der Waals surface area (Å²) in [6, 6.07) is 12.5. The van der Waals surface area contributed by atoms with E-state index in [1.54, 1.807) is 0 Å². The van der Waals surface area contributed by atoms with Crippen molar-refractivity contribution in [3.63, 3.8) is 0 Å². The first-order valence-electron chi connectivity index (χ1n) is 6.87. The number of aryl methyl sites for hydroxylation is 2. The second-order valence-corrected chi connectivity index (χ2v) is 6.89. The highest BCUT2D eigenvalue weighted by molar-refractivity contribution is 9.10. The molecule has 2 nitrogen and oxygen atoms in total. The summed E-state index contributed by atoms with van der Waals surface area (Å²) in [4.78, 5) is 4.69. The van der Waals surface area contributed by atoms with Crippen molar-refractivity contribution < 1.29 is 0 Å². The largest absolute Gasteiger partial charge is 0.295 e. The number of halogens is 2. The minimum Gasteiger partial charge on any atom is -0.295 e. The van der Waals surface area contributed by atoms with Crippen LogP contribution in [-0.2, 0) is 0 Å². The second kappa shape index (κ2) is 5.47. The molecule has 0 N–H and O–H groups in total. The van der Waals surface area contributed by atoms with Crippen LogP contribution in [0.2, 0.25) is 0 Å². The minimum absolute atomic E-state index is 0.155. The number of nitrogens with zero attached hydrogens (tertiary/aromatic N) is 2. The highest BCUT2D eigenvalue weighted by atomic mass is 79.9. The molecule has 0 aliphatic rings. The Morgan fingerprint density at radius 1 is 1.10 bits per heavy atom. The smallest absolute Gasteiger partial charge is 0.132 e. The number of benzene rings is 2. The fraction of sp³-hybridized carbons (Fsp3) is 0.235. The first kappa shape index (κ1) is 14.6. The maximum absolute atomic E-state index is 6.35. The van der Waals surface area contributed by atoms with Gasteiger partial charge in [0.1, 0.15) is 5.82 Å². The molecule has 108 valence electrons. The zero-order chi connectivity index (χ0) is 15.1. The molecule has 21 heavy (non-hydrogen) atoms. The van der Waals surface area contributed by atoms with Crippen molar-refractivity contribution in [2.45, 2.75) is 26.1 Å². The molecule has 1 aromatic heterocycles. The van der Waals surface area contributed by atoms with Crippen molar-refractivity contribution >= 4 is 38.6 Å². The number of hydrogen-bond donors (Lipinski definition) is 0. The SMILES string of the molecule is Cc1ccc(-n2c(C(C)Cl)nc3ccc(Br)cc32)cc1C. The third kappa shape index (κ3) is 2.60. The van der Waals surface area contributed by atoms with Crippen molar-refractivity contribution in [2.24, 2.45) is 0 Å². The van der Waals surface area contributed by atoms with E-state index < -0.39 is 0 Å². The predicted molar refractivity (Wildman–Crippen MR) is 92.5 cm³/mol. The van der Waals surface area contributed by atoms with Crippen LogP contribution in [0.1, 0.15) is 29.3 Å². The van der Waals surface area contributed by atoms with E-state index >= 15 is 0 Å². The van der Waals surface area contributed by atoms with E-state index in [0.717, 1.165) is 27.0 Å². The summed E-state index contributed by atoms with van der Waals surface area (Å²) in [5.74, 6) is 0.869. The average Bonchev–Trinajstić information content (AvgIpc) is 2.80. The van der Waals surface area contributed by atoms with Gasteiger partial charge in [0.25, 0.3) is 0 Å². The molecule has 0 amide bonds. The molecule has 2 aromatic carbocycles. The van der Waals surface area contributed by atoms with E-state index in [1.165, 1.54) is 11.1 Å². The highest BCUT2D eigenvalue weighted by Gasteiger charge is 2.16. The lowest BCUT2D eigenvalue weighted by Gasteiger charge is -2.12. The zero-order valence-electron chi connectivity index (χ0n) is 12.2. The van der Waals surface area contributed by atoms with E-state index in [9.17, 15) is 0 Å². The van der Waals surface area contributed by atoms with Crippen LogP contribution in [0.3, 0.4) is 0 Å². The third-order valence-corrected chi connectivity index (χ3v) is 4.44. The fourth-order valence-electron chi connectivity index (χ4n) is 2.47. The van der Waals surface area contributed by atoms with Gasteiger partial charge in [-0.25, -0.2) is 4.98 Å². The molecule has 3 rings (SSSR count). The van der Waals surface area contributed by atoms with Gasteiger partial charge in [-0.05, 0) is 62.2 Å². The topological polar surface area (TPSA) is 17.8 Å². The summed E-state index contributed by atoms with van der Waals surface area (Å²) in [5.41, 5.74) is 5.66. The molecule has 0 spiro atoms. The van der Waals surface area contributed by atoms with Crippen LogP contribution in [0.25, 0.3) is 16.7 Å². The third-order valence-electron chi connectivity index (χ3n) is 3.75. The van der Waals surface area contributed by atoms with Gasteiger partial charge in [0.2, 0.25) is 0 Å². The summed E-state index contributed by atoms with van der Waals surface area (Å²) in [6.07, 6.45) is 0. The molecule has 0 bridgehead atoms. The van der Waals surface area contributed by atoms with Crippen molar-refractivity contribution in [2.75, 3.05) is 0 Å².